The van der Waals surface area contributed by atoms with E-state index in [0.717, 1.165) is 25.9 Å². The molecule has 0 aromatic heterocycles. The third-order valence-corrected chi connectivity index (χ3v) is 3.36. The molecule has 0 radical (unpaired) electrons. The molecule has 0 amide bonds. The summed E-state index contributed by atoms with van der Waals surface area (Å²) in [4.78, 5) is 4.36. The third kappa shape index (κ3) is 8.57. The number of nitrogens with one attached hydrogen (secondary N) is 1. The van der Waals surface area contributed by atoms with Crippen molar-refractivity contribution < 1.29 is 0 Å². The van der Waals surface area contributed by atoms with Crippen LogP contribution in [0.4, 0.5) is 0 Å². The van der Waals surface area contributed by atoms with Crippen molar-refractivity contribution in [1.29, 1.82) is 0 Å². The topological polar surface area (TPSA) is 50.4 Å². The lowest BCUT2D eigenvalue weighted by atomic mass is 10.1. The molecule has 3 heteroatoms. The second-order valence-corrected chi connectivity index (χ2v) is 5.20. The Bertz CT molecular complexity index is 360. The minimum Gasteiger partial charge on any atom is -0.370 e. The average molecular weight is 275 g/mol. The van der Waals surface area contributed by atoms with Crippen molar-refractivity contribution in [2.24, 2.45) is 10.7 Å². The molecule has 0 fully saturated rings. The Morgan fingerprint density at radius 1 is 1.05 bits per heavy atom. The van der Waals surface area contributed by atoms with E-state index >= 15 is 0 Å². The van der Waals surface area contributed by atoms with Crippen LogP contribution < -0.4 is 11.1 Å². The van der Waals surface area contributed by atoms with Gasteiger partial charge in [-0.05, 0) is 18.4 Å². The third-order valence-electron chi connectivity index (χ3n) is 3.36. The standard InChI is InChI=1S/C17H29N3/c1-2-3-4-5-6-10-14-19-17(18)20-15-13-16-11-8-7-9-12-16/h7-9,11-12H,2-6,10,13-15H2,1H3,(H3,18,19,20). The number of rotatable bonds is 10. The quantitative estimate of drug-likeness (QED) is 0.390. The summed E-state index contributed by atoms with van der Waals surface area (Å²) >= 11 is 0. The van der Waals surface area contributed by atoms with Gasteiger partial charge >= 0.3 is 0 Å². The first kappa shape index (κ1) is 16.5. The smallest absolute Gasteiger partial charge is 0.188 e. The van der Waals surface area contributed by atoms with Gasteiger partial charge in [-0.15, -0.1) is 0 Å². The van der Waals surface area contributed by atoms with E-state index in [1.54, 1.807) is 0 Å². The molecule has 0 saturated carbocycles. The second kappa shape index (κ2) is 11.3. The largest absolute Gasteiger partial charge is 0.370 e. The van der Waals surface area contributed by atoms with Gasteiger partial charge in [0, 0.05) is 13.1 Å². The Labute approximate surface area is 123 Å². The molecule has 0 saturated heterocycles. The van der Waals surface area contributed by atoms with Gasteiger partial charge in [-0.2, -0.15) is 0 Å². The predicted octanol–water partition coefficient (Wildman–Crippen LogP) is 3.49. The molecule has 0 aliphatic rings. The summed E-state index contributed by atoms with van der Waals surface area (Å²) in [5, 5.41) is 3.17. The van der Waals surface area contributed by atoms with Gasteiger partial charge in [0.2, 0.25) is 0 Å². The molecule has 0 aliphatic heterocycles. The Morgan fingerprint density at radius 3 is 2.50 bits per heavy atom. The zero-order valence-corrected chi connectivity index (χ0v) is 12.8. The van der Waals surface area contributed by atoms with E-state index in [4.69, 9.17) is 5.73 Å². The minimum atomic E-state index is 0.578. The van der Waals surface area contributed by atoms with Gasteiger partial charge in [-0.1, -0.05) is 69.4 Å². The number of nitrogens with two attached hydrogens (primary N) is 1. The average Bonchev–Trinajstić information content (AvgIpc) is 2.47. The number of nitrogens with zero attached hydrogens (tertiary/aromatic N) is 1. The van der Waals surface area contributed by atoms with Gasteiger partial charge < -0.3 is 11.1 Å². The lowest BCUT2D eigenvalue weighted by Gasteiger charge is -2.05. The highest BCUT2D eigenvalue weighted by Crippen LogP contribution is 2.04. The first-order valence-corrected chi connectivity index (χ1v) is 7.90. The Kier molecular flexibility index (Phi) is 9.37. The highest BCUT2D eigenvalue weighted by Gasteiger charge is 1.94. The summed E-state index contributed by atoms with van der Waals surface area (Å²) < 4.78 is 0. The normalized spacial score (nSPS) is 11.6. The number of hydrogen-bond donors (Lipinski definition) is 2. The van der Waals surface area contributed by atoms with E-state index in [9.17, 15) is 0 Å². The van der Waals surface area contributed by atoms with Gasteiger partial charge in [0.1, 0.15) is 0 Å². The van der Waals surface area contributed by atoms with Crippen LogP contribution in [0.2, 0.25) is 0 Å². The highest BCUT2D eigenvalue weighted by molar-refractivity contribution is 5.77. The van der Waals surface area contributed by atoms with Crippen LogP contribution in [0, 0.1) is 0 Å². The molecule has 112 valence electrons. The van der Waals surface area contributed by atoms with Crippen LogP contribution in [0.1, 0.15) is 51.0 Å². The molecule has 0 bridgehead atoms. The molecule has 1 rings (SSSR count). The lowest BCUT2D eigenvalue weighted by molar-refractivity contribution is 0.611. The number of benzene rings is 1. The van der Waals surface area contributed by atoms with E-state index in [0.29, 0.717) is 5.96 Å². The van der Waals surface area contributed by atoms with Crippen molar-refractivity contribution in [1.82, 2.24) is 5.32 Å². The summed E-state index contributed by atoms with van der Waals surface area (Å²) in [5.41, 5.74) is 7.16. The van der Waals surface area contributed by atoms with Crippen LogP contribution in [0.25, 0.3) is 0 Å². The van der Waals surface area contributed by atoms with Crippen molar-refractivity contribution in [2.45, 2.75) is 51.9 Å². The molecule has 1 aromatic carbocycles. The minimum absolute atomic E-state index is 0.578. The Hall–Kier alpha value is -1.51. The highest BCUT2D eigenvalue weighted by atomic mass is 15.1. The van der Waals surface area contributed by atoms with E-state index in [1.807, 2.05) is 6.07 Å². The Balaban J connectivity index is 2.01. The fourth-order valence-corrected chi connectivity index (χ4v) is 2.13. The molecular formula is C17H29N3. The molecule has 0 spiro atoms. The summed E-state index contributed by atoms with van der Waals surface area (Å²) in [7, 11) is 0. The maximum atomic E-state index is 5.84. The molecule has 1 aromatic rings. The van der Waals surface area contributed by atoms with E-state index in [-0.39, 0.29) is 0 Å². The van der Waals surface area contributed by atoms with Crippen LogP contribution in [-0.2, 0) is 6.42 Å². The van der Waals surface area contributed by atoms with Gasteiger partial charge in [0.25, 0.3) is 0 Å². The van der Waals surface area contributed by atoms with Crippen LogP contribution >= 0.6 is 0 Å². The number of aliphatic imine (C=N–C) groups is 1. The first-order chi connectivity index (χ1) is 9.83. The second-order valence-electron chi connectivity index (χ2n) is 5.20. The van der Waals surface area contributed by atoms with E-state index in [1.165, 1.54) is 37.7 Å². The molecule has 3 N–H and O–H groups in total. The molecule has 0 unspecified atom stereocenters. The van der Waals surface area contributed by atoms with Gasteiger partial charge in [-0.25, -0.2) is 0 Å². The molecule has 3 nitrogen and oxygen atoms in total. The van der Waals surface area contributed by atoms with Crippen molar-refractivity contribution >= 4 is 5.96 Å². The molecule has 0 heterocycles. The first-order valence-electron chi connectivity index (χ1n) is 7.90. The zero-order chi connectivity index (χ0) is 14.5. The number of unbranched alkanes of at least 4 members (excludes halogenated alkanes) is 5. The molecule has 0 aliphatic carbocycles. The summed E-state index contributed by atoms with van der Waals surface area (Å²) in [6.45, 7) is 3.93. The Morgan fingerprint density at radius 2 is 1.75 bits per heavy atom. The van der Waals surface area contributed by atoms with Gasteiger partial charge in [-0.3, -0.25) is 4.99 Å². The monoisotopic (exact) mass is 275 g/mol. The van der Waals surface area contributed by atoms with Crippen molar-refractivity contribution in [3.05, 3.63) is 35.9 Å². The van der Waals surface area contributed by atoms with Crippen LogP contribution in [0.5, 0.6) is 0 Å². The fourth-order valence-electron chi connectivity index (χ4n) is 2.13. The zero-order valence-electron chi connectivity index (χ0n) is 12.8. The van der Waals surface area contributed by atoms with Crippen LogP contribution in [0.3, 0.4) is 0 Å². The molecule has 0 atom stereocenters. The summed E-state index contributed by atoms with van der Waals surface area (Å²) in [5.74, 6) is 0.578. The van der Waals surface area contributed by atoms with E-state index < -0.39 is 0 Å². The lowest BCUT2D eigenvalue weighted by Crippen LogP contribution is -2.33. The van der Waals surface area contributed by atoms with Gasteiger partial charge in [0.15, 0.2) is 5.96 Å². The van der Waals surface area contributed by atoms with Crippen molar-refractivity contribution in [3.63, 3.8) is 0 Å². The van der Waals surface area contributed by atoms with E-state index in [2.05, 4.69) is 41.5 Å². The summed E-state index contributed by atoms with van der Waals surface area (Å²) in [6.07, 6.45) is 8.72. The maximum absolute atomic E-state index is 5.84. The van der Waals surface area contributed by atoms with Gasteiger partial charge in [0.05, 0.1) is 0 Å². The predicted molar refractivity (Wildman–Crippen MR) is 88.0 cm³/mol. The SMILES string of the molecule is CCCCCCCCN=C(N)NCCc1ccccc1. The number of guanidine groups is 1. The van der Waals surface area contributed by atoms with Crippen molar-refractivity contribution in [2.75, 3.05) is 13.1 Å². The van der Waals surface area contributed by atoms with Crippen LogP contribution in [-0.4, -0.2) is 19.0 Å². The molecule has 20 heavy (non-hydrogen) atoms. The van der Waals surface area contributed by atoms with Crippen molar-refractivity contribution in [3.8, 4) is 0 Å². The van der Waals surface area contributed by atoms with Crippen LogP contribution in [0.15, 0.2) is 35.3 Å². The number of hydrogen-bond acceptors (Lipinski definition) is 1. The summed E-state index contributed by atoms with van der Waals surface area (Å²) in [6, 6.07) is 10.4. The molecular weight excluding hydrogens is 246 g/mol. The fraction of sp³-hybridized carbons (Fsp3) is 0.588. The maximum Gasteiger partial charge on any atom is 0.188 e.